The Labute approximate surface area is 138 Å². The number of rotatable bonds is 4. The second-order valence-electron chi connectivity index (χ2n) is 5.57. The fraction of sp³-hybridized carbons (Fsp3) is 0.222. The molecule has 1 aromatic heterocycles. The van der Waals surface area contributed by atoms with Crippen LogP contribution in [0.3, 0.4) is 0 Å². The summed E-state index contributed by atoms with van der Waals surface area (Å²) in [5.74, 6) is 2.81. The average molecular weight is 321 g/mol. The first-order valence-electron chi connectivity index (χ1n) is 7.60. The van der Waals surface area contributed by atoms with Gasteiger partial charge in [-0.15, -0.1) is 0 Å². The van der Waals surface area contributed by atoms with Crippen molar-refractivity contribution >= 4 is 11.0 Å². The Kier molecular flexibility index (Phi) is 3.47. The van der Waals surface area contributed by atoms with E-state index in [1.54, 1.807) is 0 Å². The number of hydrogen-bond donors (Lipinski definition) is 0. The molecule has 0 aliphatic carbocycles. The number of nitriles is 1. The van der Waals surface area contributed by atoms with Crippen molar-refractivity contribution in [3.05, 3.63) is 47.8 Å². The van der Waals surface area contributed by atoms with Crippen molar-refractivity contribution in [3.8, 4) is 23.3 Å². The number of aromatic nitrogens is 2. The maximum Gasteiger partial charge on any atom is 0.231 e. The van der Waals surface area contributed by atoms with Crippen molar-refractivity contribution in [2.24, 2.45) is 0 Å². The molecule has 0 unspecified atom stereocenters. The Morgan fingerprint density at radius 3 is 2.71 bits per heavy atom. The maximum absolute atomic E-state index is 9.14. The summed E-state index contributed by atoms with van der Waals surface area (Å²) in [7, 11) is 0. The second kappa shape index (κ2) is 5.78. The van der Waals surface area contributed by atoms with Gasteiger partial charge in [-0.2, -0.15) is 5.26 Å². The van der Waals surface area contributed by atoms with Crippen LogP contribution in [0.2, 0.25) is 0 Å². The van der Waals surface area contributed by atoms with Gasteiger partial charge in [0, 0.05) is 12.1 Å². The van der Waals surface area contributed by atoms with Gasteiger partial charge in [0.25, 0.3) is 0 Å². The normalized spacial score (nSPS) is 12.3. The summed E-state index contributed by atoms with van der Waals surface area (Å²) in [5, 5.41) is 9.14. The maximum atomic E-state index is 9.14. The van der Waals surface area contributed by atoms with Crippen LogP contribution in [0.5, 0.6) is 17.2 Å². The minimum absolute atomic E-state index is 0.197. The van der Waals surface area contributed by atoms with Gasteiger partial charge < -0.3 is 18.8 Å². The molecule has 0 saturated carbocycles. The number of aryl methyl sites for hydroxylation is 1. The molecule has 0 spiro atoms. The lowest BCUT2D eigenvalue weighted by Gasteiger charge is -2.08. The van der Waals surface area contributed by atoms with Crippen LogP contribution in [-0.2, 0) is 13.2 Å². The molecule has 6 heteroatoms. The summed E-state index contributed by atoms with van der Waals surface area (Å²) >= 11 is 0. The van der Waals surface area contributed by atoms with Crippen LogP contribution in [0.15, 0.2) is 36.4 Å². The molecule has 0 N–H and O–H groups in total. The highest BCUT2D eigenvalue weighted by Gasteiger charge is 2.19. The van der Waals surface area contributed by atoms with Crippen LogP contribution in [0.1, 0.15) is 11.4 Å². The van der Waals surface area contributed by atoms with E-state index in [1.165, 1.54) is 5.56 Å². The predicted molar refractivity (Wildman–Crippen MR) is 87.0 cm³/mol. The summed E-state index contributed by atoms with van der Waals surface area (Å²) in [6.07, 6.45) is 0. The minimum Gasteiger partial charge on any atom is -0.486 e. The third-order valence-electron chi connectivity index (χ3n) is 3.94. The fourth-order valence-corrected chi connectivity index (χ4v) is 2.70. The molecule has 6 nitrogen and oxygen atoms in total. The van der Waals surface area contributed by atoms with Gasteiger partial charge >= 0.3 is 0 Å². The molecule has 1 aliphatic rings. The summed E-state index contributed by atoms with van der Waals surface area (Å²) < 4.78 is 18.4. The van der Waals surface area contributed by atoms with Gasteiger partial charge in [0.1, 0.15) is 24.7 Å². The van der Waals surface area contributed by atoms with Crippen LogP contribution < -0.4 is 14.2 Å². The van der Waals surface area contributed by atoms with E-state index in [2.05, 4.69) is 11.1 Å². The molecule has 0 saturated heterocycles. The first-order chi connectivity index (χ1) is 11.7. The van der Waals surface area contributed by atoms with Crippen molar-refractivity contribution in [3.63, 3.8) is 0 Å². The smallest absolute Gasteiger partial charge is 0.231 e. The van der Waals surface area contributed by atoms with Gasteiger partial charge in [-0.3, -0.25) is 0 Å². The first kappa shape index (κ1) is 14.4. The topological polar surface area (TPSA) is 69.3 Å². The Hall–Kier alpha value is -3.20. The van der Waals surface area contributed by atoms with E-state index in [-0.39, 0.29) is 19.9 Å². The number of benzene rings is 2. The Morgan fingerprint density at radius 1 is 1.21 bits per heavy atom. The van der Waals surface area contributed by atoms with Gasteiger partial charge in [0.2, 0.25) is 6.79 Å². The quantitative estimate of drug-likeness (QED) is 0.738. The molecule has 0 bridgehead atoms. The molecule has 120 valence electrons. The second-order valence-corrected chi connectivity index (χ2v) is 5.57. The van der Waals surface area contributed by atoms with Gasteiger partial charge in [0.15, 0.2) is 11.5 Å². The van der Waals surface area contributed by atoms with Crippen LogP contribution >= 0.6 is 0 Å². The molecule has 24 heavy (non-hydrogen) atoms. The summed E-state index contributed by atoms with van der Waals surface area (Å²) in [6, 6.07) is 13.7. The number of nitrogens with zero attached hydrogens (tertiary/aromatic N) is 3. The Balaban J connectivity index is 1.67. The first-order valence-corrected chi connectivity index (χ1v) is 7.60. The number of fused-ring (bicyclic) bond motifs is 2. The largest absolute Gasteiger partial charge is 0.486 e. The zero-order valence-corrected chi connectivity index (χ0v) is 13.2. The molecule has 2 aromatic carbocycles. The van der Waals surface area contributed by atoms with E-state index in [4.69, 9.17) is 19.5 Å². The van der Waals surface area contributed by atoms with Crippen molar-refractivity contribution in [1.82, 2.24) is 9.55 Å². The van der Waals surface area contributed by atoms with Gasteiger partial charge in [0.05, 0.1) is 17.1 Å². The van der Waals surface area contributed by atoms with Crippen LogP contribution in [0.25, 0.3) is 11.0 Å². The van der Waals surface area contributed by atoms with Gasteiger partial charge in [-0.1, -0.05) is 17.7 Å². The molecule has 1 aliphatic heterocycles. The molecule has 4 rings (SSSR count). The number of imidazole rings is 1. The predicted octanol–water partition coefficient (Wildman–Crippen LogP) is 3.18. The van der Waals surface area contributed by atoms with E-state index in [1.807, 2.05) is 47.9 Å². The minimum atomic E-state index is 0.197. The van der Waals surface area contributed by atoms with Crippen molar-refractivity contribution in [2.75, 3.05) is 6.79 Å². The zero-order valence-electron chi connectivity index (χ0n) is 13.2. The highest BCUT2D eigenvalue weighted by atomic mass is 16.7. The van der Waals surface area contributed by atoms with E-state index >= 15 is 0 Å². The molecule has 0 radical (unpaired) electrons. The molecule has 0 fully saturated rings. The standard InChI is InChI=1S/C18H15N3O3/c1-12-2-4-13(5-3-12)22-10-18-20-14-8-16-17(24-11-23-16)9-15(14)21(18)7-6-19/h2-5,8-9H,7,10-11H2,1H3. The summed E-state index contributed by atoms with van der Waals surface area (Å²) in [6.45, 7) is 2.72. The molecule has 3 aromatic rings. The van der Waals surface area contributed by atoms with Crippen molar-refractivity contribution < 1.29 is 14.2 Å². The fourth-order valence-electron chi connectivity index (χ4n) is 2.70. The molecular formula is C18H15N3O3. The Bertz CT molecular complexity index is 939. The Morgan fingerprint density at radius 2 is 1.96 bits per heavy atom. The lowest BCUT2D eigenvalue weighted by atomic mass is 10.2. The highest BCUT2D eigenvalue weighted by Crippen LogP contribution is 2.36. The van der Waals surface area contributed by atoms with E-state index < -0.39 is 0 Å². The third-order valence-corrected chi connectivity index (χ3v) is 3.94. The number of hydrogen-bond acceptors (Lipinski definition) is 5. The lowest BCUT2D eigenvalue weighted by molar-refractivity contribution is 0.174. The van der Waals surface area contributed by atoms with E-state index in [0.717, 1.165) is 16.8 Å². The van der Waals surface area contributed by atoms with Gasteiger partial charge in [-0.05, 0) is 19.1 Å². The molecule has 0 atom stereocenters. The SMILES string of the molecule is Cc1ccc(OCc2nc3cc4c(cc3n2CC#N)OCO4)cc1. The van der Waals surface area contributed by atoms with E-state index in [9.17, 15) is 0 Å². The molecule has 2 heterocycles. The average Bonchev–Trinajstić information content (AvgIpc) is 3.17. The third kappa shape index (κ3) is 2.50. The summed E-state index contributed by atoms with van der Waals surface area (Å²) in [5.41, 5.74) is 2.77. The van der Waals surface area contributed by atoms with E-state index in [0.29, 0.717) is 17.3 Å². The zero-order chi connectivity index (χ0) is 16.5. The molecule has 0 amide bonds. The van der Waals surface area contributed by atoms with Gasteiger partial charge in [-0.25, -0.2) is 4.98 Å². The lowest BCUT2D eigenvalue weighted by Crippen LogP contribution is -2.06. The van der Waals surface area contributed by atoms with Crippen LogP contribution in [-0.4, -0.2) is 16.3 Å². The molecular weight excluding hydrogens is 306 g/mol. The van der Waals surface area contributed by atoms with Crippen molar-refractivity contribution in [1.29, 1.82) is 5.26 Å². The monoisotopic (exact) mass is 321 g/mol. The van der Waals surface area contributed by atoms with Crippen LogP contribution in [0.4, 0.5) is 0 Å². The summed E-state index contributed by atoms with van der Waals surface area (Å²) in [4.78, 5) is 4.59. The van der Waals surface area contributed by atoms with Crippen LogP contribution in [0, 0.1) is 18.3 Å². The highest BCUT2D eigenvalue weighted by molar-refractivity contribution is 5.81. The number of ether oxygens (including phenoxy) is 3. The van der Waals surface area contributed by atoms with Crippen molar-refractivity contribution in [2.45, 2.75) is 20.1 Å².